The van der Waals surface area contributed by atoms with Gasteiger partial charge in [-0.2, -0.15) is 0 Å². The van der Waals surface area contributed by atoms with Crippen LogP contribution in [-0.2, 0) is 4.74 Å². The first-order valence-corrected chi connectivity index (χ1v) is 6.75. The lowest BCUT2D eigenvalue weighted by molar-refractivity contribution is 0.140. The highest BCUT2D eigenvalue weighted by atomic mass is 16.5. The molecule has 0 N–H and O–H groups in total. The normalized spacial score (nSPS) is 19.6. The maximum Gasteiger partial charge on any atom is 0.127 e. The highest BCUT2D eigenvalue weighted by molar-refractivity contribution is 5.42. The summed E-state index contributed by atoms with van der Waals surface area (Å²) in [6.07, 6.45) is 2.40. The third kappa shape index (κ3) is 3.19. The van der Waals surface area contributed by atoms with Gasteiger partial charge in [0, 0.05) is 31.3 Å². The van der Waals surface area contributed by atoms with Gasteiger partial charge in [-0.1, -0.05) is 6.07 Å². The van der Waals surface area contributed by atoms with Crippen molar-refractivity contribution in [3.63, 3.8) is 0 Å². The van der Waals surface area contributed by atoms with E-state index < -0.39 is 0 Å². The lowest BCUT2D eigenvalue weighted by Gasteiger charge is -2.26. The fraction of sp³-hybridized carbons (Fsp3) is 0.600. The lowest BCUT2D eigenvalue weighted by Crippen LogP contribution is -2.27. The van der Waals surface area contributed by atoms with E-state index in [2.05, 4.69) is 11.0 Å². The lowest BCUT2D eigenvalue weighted by atomic mass is 10.0. The molecule has 4 heteroatoms. The minimum atomic E-state index is 0.427. The Morgan fingerprint density at radius 2 is 2.05 bits per heavy atom. The highest BCUT2D eigenvalue weighted by Crippen LogP contribution is 2.38. The SMILES string of the molecule is COCCN1CCCC1c1ccc(OC)cc1OC. The second kappa shape index (κ2) is 6.78. The number of methoxy groups -OCH3 is 3. The summed E-state index contributed by atoms with van der Waals surface area (Å²) in [5.41, 5.74) is 1.25. The molecule has 1 aromatic rings. The second-order valence-corrected chi connectivity index (χ2v) is 4.79. The molecule has 1 aliphatic rings. The molecule has 1 saturated heterocycles. The van der Waals surface area contributed by atoms with E-state index in [1.807, 2.05) is 12.1 Å². The molecule has 0 aliphatic carbocycles. The van der Waals surface area contributed by atoms with E-state index in [1.165, 1.54) is 18.4 Å². The number of likely N-dealkylation sites (tertiary alicyclic amines) is 1. The first kappa shape index (κ1) is 14.2. The predicted octanol–water partition coefficient (Wildman–Crippen LogP) is 2.49. The molecule has 19 heavy (non-hydrogen) atoms. The summed E-state index contributed by atoms with van der Waals surface area (Å²) in [5.74, 6) is 1.75. The molecule has 2 rings (SSSR count). The molecule has 1 unspecified atom stereocenters. The van der Waals surface area contributed by atoms with Gasteiger partial charge in [0.25, 0.3) is 0 Å². The van der Waals surface area contributed by atoms with Crippen LogP contribution in [0.1, 0.15) is 24.4 Å². The Labute approximate surface area is 115 Å². The zero-order chi connectivity index (χ0) is 13.7. The Kier molecular flexibility index (Phi) is 5.05. The molecule has 1 atom stereocenters. The highest BCUT2D eigenvalue weighted by Gasteiger charge is 2.28. The molecule has 0 bridgehead atoms. The minimum absolute atomic E-state index is 0.427. The zero-order valence-electron chi connectivity index (χ0n) is 12.0. The first-order chi connectivity index (χ1) is 9.30. The summed E-state index contributed by atoms with van der Waals surface area (Å²) >= 11 is 0. The summed E-state index contributed by atoms with van der Waals surface area (Å²) in [4.78, 5) is 2.47. The van der Waals surface area contributed by atoms with Crippen molar-refractivity contribution in [2.45, 2.75) is 18.9 Å². The van der Waals surface area contributed by atoms with Gasteiger partial charge in [-0.25, -0.2) is 0 Å². The van der Waals surface area contributed by atoms with Crippen molar-refractivity contribution in [3.8, 4) is 11.5 Å². The van der Waals surface area contributed by atoms with Gasteiger partial charge in [-0.3, -0.25) is 4.90 Å². The number of ether oxygens (including phenoxy) is 3. The van der Waals surface area contributed by atoms with Gasteiger partial charge < -0.3 is 14.2 Å². The molecule has 1 aromatic carbocycles. The second-order valence-electron chi connectivity index (χ2n) is 4.79. The number of hydrogen-bond acceptors (Lipinski definition) is 4. The largest absolute Gasteiger partial charge is 0.497 e. The van der Waals surface area contributed by atoms with Crippen LogP contribution in [0.3, 0.4) is 0 Å². The van der Waals surface area contributed by atoms with Crippen LogP contribution in [0.25, 0.3) is 0 Å². The van der Waals surface area contributed by atoms with Crippen LogP contribution in [-0.4, -0.2) is 45.9 Å². The standard InChI is InChI=1S/C15H23NO3/c1-17-10-9-16-8-4-5-14(16)13-7-6-12(18-2)11-15(13)19-3/h6-7,11,14H,4-5,8-10H2,1-3H3. The molecule has 0 aromatic heterocycles. The molecule has 1 heterocycles. The van der Waals surface area contributed by atoms with Crippen LogP contribution in [0.5, 0.6) is 11.5 Å². The molecule has 1 aliphatic heterocycles. The molecule has 0 saturated carbocycles. The van der Waals surface area contributed by atoms with Crippen molar-refractivity contribution in [2.24, 2.45) is 0 Å². The van der Waals surface area contributed by atoms with E-state index in [0.29, 0.717) is 6.04 Å². The maximum atomic E-state index is 5.52. The zero-order valence-corrected chi connectivity index (χ0v) is 12.0. The quantitative estimate of drug-likeness (QED) is 0.790. The molecule has 0 amide bonds. The molecule has 0 spiro atoms. The van der Waals surface area contributed by atoms with E-state index in [-0.39, 0.29) is 0 Å². The molecule has 106 valence electrons. The van der Waals surface area contributed by atoms with Gasteiger partial charge in [0.2, 0.25) is 0 Å². The van der Waals surface area contributed by atoms with E-state index in [1.54, 1.807) is 21.3 Å². The van der Waals surface area contributed by atoms with Crippen LogP contribution in [0, 0.1) is 0 Å². The minimum Gasteiger partial charge on any atom is -0.497 e. The molecular formula is C15H23NO3. The van der Waals surface area contributed by atoms with Gasteiger partial charge in [0.1, 0.15) is 11.5 Å². The monoisotopic (exact) mass is 265 g/mol. The Hall–Kier alpha value is -1.26. The Morgan fingerprint density at radius 3 is 2.74 bits per heavy atom. The van der Waals surface area contributed by atoms with E-state index in [0.717, 1.165) is 31.2 Å². The maximum absolute atomic E-state index is 5.52. The topological polar surface area (TPSA) is 30.9 Å². The third-order valence-electron chi connectivity index (χ3n) is 3.75. The van der Waals surface area contributed by atoms with Crippen LogP contribution >= 0.6 is 0 Å². The number of benzene rings is 1. The van der Waals surface area contributed by atoms with Crippen molar-refractivity contribution in [1.82, 2.24) is 4.90 Å². The van der Waals surface area contributed by atoms with E-state index >= 15 is 0 Å². The number of hydrogen-bond donors (Lipinski definition) is 0. The van der Waals surface area contributed by atoms with Crippen LogP contribution in [0.4, 0.5) is 0 Å². The smallest absolute Gasteiger partial charge is 0.127 e. The Morgan fingerprint density at radius 1 is 1.21 bits per heavy atom. The molecule has 1 fully saturated rings. The predicted molar refractivity (Wildman–Crippen MR) is 75.0 cm³/mol. The summed E-state index contributed by atoms with van der Waals surface area (Å²) in [7, 11) is 5.14. The van der Waals surface area contributed by atoms with Crippen molar-refractivity contribution in [3.05, 3.63) is 23.8 Å². The van der Waals surface area contributed by atoms with E-state index in [9.17, 15) is 0 Å². The summed E-state index contributed by atoms with van der Waals surface area (Å²) in [6.45, 7) is 2.87. The summed E-state index contributed by atoms with van der Waals surface area (Å²) < 4.78 is 16.0. The molecular weight excluding hydrogens is 242 g/mol. The van der Waals surface area contributed by atoms with Gasteiger partial charge >= 0.3 is 0 Å². The van der Waals surface area contributed by atoms with Gasteiger partial charge in [0.15, 0.2) is 0 Å². The van der Waals surface area contributed by atoms with Crippen molar-refractivity contribution in [2.75, 3.05) is 41.0 Å². The van der Waals surface area contributed by atoms with Crippen molar-refractivity contribution >= 4 is 0 Å². The fourth-order valence-corrected chi connectivity index (χ4v) is 2.75. The van der Waals surface area contributed by atoms with Crippen LogP contribution in [0.15, 0.2) is 18.2 Å². The number of nitrogens with zero attached hydrogens (tertiary/aromatic N) is 1. The van der Waals surface area contributed by atoms with Crippen molar-refractivity contribution < 1.29 is 14.2 Å². The first-order valence-electron chi connectivity index (χ1n) is 6.75. The van der Waals surface area contributed by atoms with Crippen LogP contribution < -0.4 is 9.47 Å². The van der Waals surface area contributed by atoms with E-state index in [4.69, 9.17) is 14.2 Å². The van der Waals surface area contributed by atoms with Gasteiger partial charge in [-0.05, 0) is 25.5 Å². The average Bonchev–Trinajstić information content (AvgIpc) is 2.92. The number of rotatable bonds is 6. The fourth-order valence-electron chi connectivity index (χ4n) is 2.75. The third-order valence-corrected chi connectivity index (χ3v) is 3.75. The van der Waals surface area contributed by atoms with Gasteiger partial charge in [-0.15, -0.1) is 0 Å². The Bertz CT molecular complexity index is 408. The van der Waals surface area contributed by atoms with Gasteiger partial charge in [0.05, 0.1) is 20.8 Å². The Balaban J connectivity index is 2.19. The summed E-state index contributed by atoms with van der Waals surface area (Å²) in [6, 6.07) is 6.51. The molecule has 4 nitrogen and oxygen atoms in total. The average molecular weight is 265 g/mol. The summed E-state index contributed by atoms with van der Waals surface area (Å²) in [5, 5.41) is 0. The van der Waals surface area contributed by atoms with Crippen molar-refractivity contribution in [1.29, 1.82) is 0 Å². The van der Waals surface area contributed by atoms with Crippen LogP contribution in [0.2, 0.25) is 0 Å². The molecule has 0 radical (unpaired) electrons.